The number of hydrogen-bond acceptors (Lipinski definition) is 3. The second kappa shape index (κ2) is 7.43. The monoisotopic (exact) mass is 273 g/mol. The van der Waals surface area contributed by atoms with Gasteiger partial charge < -0.3 is 5.11 Å². The van der Waals surface area contributed by atoms with E-state index < -0.39 is 5.97 Å². The first-order valence-electron chi connectivity index (χ1n) is 6.89. The molecule has 0 aliphatic carbocycles. The van der Waals surface area contributed by atoms with Crippen molar-refractivity contribution in [3.05, 3.63) is 47.8 Å². The summed E-state index contributed by atoms with van der Waals surface area (Å²) in [6, 6.07) is 10.4. The molecular formula is C15H19N3O2. The van der Waals surface area contributed by atoms with E-state index in [2.05, 4.69) is 34.6 Å². The highest BCUT2D eigenvalue weighted by Gasteiger charge is 2.03. The van der Waals surface area contributed by atoms with Gasteiger partial charge in [0.2, 0.25) is 0 Å². The van der Waals surface area contributed by atoms with Crippen LogP contribution in [0.5, 0.6) is 0 Å². The molecule has 0 aliphatic heterocycles. The fourth-order valence-electron chi connectivity index (χ4n) is 2.04. The Hall–Kier alpha value is -2.17. The Labute approximate surface area is 118 Å². The molecule has 1 heterocycles. The van der Waals surface area contributed by atoms with E-state index in [1.165, 1.54) is 5.56 Å². The van der Waals surface area contributed by atoms with Gasteiger partial charge >= 0.3 is 5.97 Å². The summed E-state index contributed by atoms with van der Waals surface area (Å²) in [5.41, 5.74) is 2.10. The molecule has 0 aliphatic rings. The smallest absolute Gasteiger partial charge is 0.303 e. The minimum absolute atomic E-state index is 0.104. The van der Waals surface area contributed by atoms with Crippen molar-refractivity contribution >= 4 is 5.97 Å². The molecule has 0 amide bonds. The topological polar surface area (TPSA) is 68.0 Å². The maximum absolute atomic E-state index is 10.5. The third kappa shape index (κ3) is 4.84. The molecule has 0 unspecified atom stereocenters. The molecule has 1 aromatic carbocycles. The molecule has 20 heavy (non-hydrogen) atoms. The summed E-state index contributed by atoms with van der Waals surface area (Å²) in [5.74, 6) is -0.803. The number of carboxylic acid groups (broad SMARTS) is 1. The van der Waals surface area contributed by atoms with E-state index in [-0.39, 0.29) is 6.42 Å². The van der Waals surface area contributed by atoms with Gasteiger partial charge in [-0.25, -0.2) is 0 Å². The minimum Gasteiger partial charge on any atom is -0.481 e. The summed E-state index contributed by atoms with van der Waals surface area (Å²) in [5, 5.41) is 16.6. The fourth-order valence-corrected chi connectivity index (χ4v) is 2.04. The Kier molecular flexibility index (Phi) is 5.29. The third-order valence-electron chi connectivity index (χ3n) is 3.13. The number of carboxylic acids is 1. The quantitative estimate of drug-likeness (QED) is 0.749. The number of hydrogen-bond donors (Lipinski definition) is 1. The van der Waals surface area contributed by atoms with Gasteiger partial charge in [0.25, 0.3) is 0 Å². The molecule has 5 nitrogen and oxygen atoms in total. The predicted molar refractivity (Wildman–Crippen MR) is 75.4 cm³/mol. The SMILES string of the molecule is O=C(O)CCc1cn(CCCCc2ccccc2)nn1. The van der Waals surface area contributed by atoms with Gasteiger partial charge in [-0.05, 0) is 24.8 Å². The normalized spacial score (nSPS) is 10.6. The first-order valence-corrected chi connectivity index (χ1v) is 6.89. The van der Waals surface area contributed by atoms with Crippen LogP contribution in [0.2, 0.25) is 0 Å². The molecule has 5 heteroatoms. The lowest BCUT2D eigenvalue weighted by atomic mass is 10.1. The highest BCUT2D eigenvalue weighted by Crippen LogP contribution is 2.06. The van der Waals surface area contributed by atoms with Crippen LogP contribution in [-0.2, 0) is 24.2 Å². The minimum atomic E-state index is -0.803. The molecule has 106 valence electrons. The zero-order chi connectivity index (χ0) is 14.2. The number of aromatic nitrogens is 3. The summed E-state index contributed by atoms with van der Waals surface area (Å²) >= 11 is 0. The predicted octanol–water partition coefficient (Wildman–Crippen LogP) is 2.32. The number of aliphatic carboxylic acids is 1. The molecule has 2 rings (SSSR count). The highest BCUT2D eigenvalue weighted by atomic mass is 16.4. The van der Waals surface area contributed by atoms with Crippen molar-refractivity contribution in [3.8, 4) is 0 Å². The van der Waals surface area contributed by atoms with E-state index in [0.29, 0.717) is 6.42 Å². The zero-order valence-corrected chi connectivity index (χ0v) is 11.4. The molecule has 1 N–H and O–H groups in total. The van der Waals surface area contributed by atoms with Gasteiger partial charge in [-0.1, -0.05) is 35.5 Å². The van der Waals surface area contributed by atoms with Crippen molar-refractivity contribution in [1.82, 2.24) is 15.0 Å². The van der Waals surface area contributed by atoms with Crippen molar-refractivity contribution in [2.45, 2.75) is 38.6 Å². The molecule has 0 spiro atoms. The van der Waals surface area contributed by atoms with Gasteiger partial charge in [-0.3, -0.25) is 9.48 Å². The summed E-state index contributed by atoms with van der Waals surface area (Å²) in [7, 11) is 0. The first-order chi connectivity index (χ1) is 9.74. The van der Waals surface area contributed by atoms with Crippen LogP contribution in [0, 0.1) is 0 Å². The van der Waals surface area contributed by atoms with Crippen molar-refractivity contribution in [1.29, 1.82) is 0 Å². The maximum Gasteiger partial charge on any atom is 0.303 e. The number of benzene rings is 1. The van der Waals surface area contributed by atoms with Crippen LogP contribution in [0.3, 0.4) is 0 Å². The Bertz CT molecular complexity index is 537. The van der Waals surface area contributed by atoms with Gasteiger partial charge in [0.15, 0.2) is 0 Å². The average molecular weight is 273 g/mol. The lowest BCUT2D eigenvalue weighted by Crippen LogP contribution is -1.99. The summed E-state index contributed by atoms with van der Waals surface area (Å²) in [6.45, 7) is 0.826. The number of unbranched alkanes of at least 4 members (excludes halogenated alkanes) is 1. The molecule has 0 radical (unpaired) electrons. The number of rotatable bonds is 8. The number of aryl methyl sites for hydroxylation is 3. The standard InChI is InChI=1S/C15H19N3O2/c19-15(20)10-9-14-12-18(17-16-14)11-5-4-8-13-6-2-1-3-7-13/h1-3,6-7,12H,4-5,8-11H2,(H,19,20). The molecule has 0 fully saturated rings. The van der Waals surface area contributed by atoms with E-state index in [9.17, 15) is 4.79 Å². The summed E-state index contributed by atoms with van der Waals surface area (Å²) in [4.78, 5) is 10.5. The van der Waals surface area contributed by atoms with E-state index in [1.54, 1.807) is 4.68 Å². The molecule has 2 aromatic rings. The molecule has 0 bridgehead atoms. The van der Waals surface area contributed by atoms with Crippen molar-refractivity contribution in [2.24, 2.45) is 0 Å². The van der Waals surface area contributed by atoms with Crippen LogP contribution >= 0.6 is 0 Å². The second-order valence-corrected chi connectivity index (χ2v) is 4.81. The maximum atomic E-state index is 10.5. The van der Waals surface area contributed by atoms with Crippen LogP contribution in [0.25, 0.3) is 0 Å². The van der Waals surface area contributed by atoms with Crippen LogP contribution in [0.1, 0.15) is 30.5 Å². The van der Waals surface area contributed by atoms with E-state index in [4.69, 9.17) is 5.11 Å². The lowest BCUT2D eigenvalue weighted by molar-refractivity contribution is -0.136. The Balaban J connectivity index is 1.68. The first kappa shape index (κ1) is 14.2. The van der Waals surface area contributed by atoms with Gasteiger partial charge in [0.05, 0.1) is 12.1 Å². The number of carbonyl (C=O) groups is 1. The Morgan fingerprint density at radius 2 is 1.95 bits per heavy atom. The fraction of sp³-hybridized carbons (Fsp3) is 0.400. The second-order valence-electron chi connectivity index (χ2n) is 4.81. The van der Waals surface area contributed by atoms with Crippen molar-refractivity contribution < 1.29 is 9.90 Å². The van der Waals surface area contributed by atoms with Crippen LogP contribution in [0.15, 0.2) is 36.5 Å². The molecule has 0 saturated carbocycles. The molecular weight excluding hydrogens is 254 g/mol. The molecule has 0 atom stereocenters. The summed E-state index contributed by atoms with van der Waals surface area (Å²) < 4.78 is 1.79. The van der Waals surface area contributed by atoms with E-state index in [0.717, 1.165) is 31.5 Å². The highest BCUT2D eigenvalue weighted by molar-refractivity contribution is 5.66. The van der Waals surface area contributed by atoms with E-state index in [1.807, 2.05) is 12.3 Å². The average Bonchev–Trinajstić information content (AvgIpc) is 2.90. The van der Waals surface area contributed by atoms with Gasteiger partial charge in [-0.2, -0.15) is 0 Å². The van der Waals surface area contributed by atoms with Crippen molar-refractivity contribution in [2.75, 3.05) is 0 Å². The van der Waals surface area contributed by atoms with Gasteiger partial charge in [0.1, 0.15) is 0 Å². The lowest BCUT2D eigenvalue weighted by Gasteiger charge is -2.01. The third-order valence-corrected chi connectivity index (χ3v) is 3.13. The summed E-state index contributed by atoms with van der Waals surface area (Å²) in [6.07, 6.45) is 5.60. The van der Waals surface area contributed by atoms with Gasteiger partial charge in [-0.15, -0.1) is 5.10 Å². The van der Waals surface area contributed by atoms with E-state index >= 15 is 0 Å². The zero-order valence-electron chi connectivity index (χ0n) is 11.4. The van der Waals surface area contributed by atoms with Crippen molar-refractivity contribution in [3.63, 3.8) is 0 Å². The number of nitrogens with zero attached hydrogens (tertiary/aromatic N) is 3. The molecule has 0 saturated heterocycles. The molecule has 1 aromatic heterocycles. The van der Waals surface area contributed by atoms with Crippen LogP contribution in [0.4, 0.5) is 0 Å². The largest absolute Gasteiger partial charge is 0.481 e. The van der Waals surface area contributed by atoms with Crippen LogP contribution in [-0.4, -0.2) is 26.1 Å². The Morgan fingerprint density at radius 1 is 1.15 bits per heavy atom. The van der Waals surface area contributed by atoms with Crippen LogP contribution < -0.4 is 0 Å². The van der Waals surface area contributed by atoms with Gasteiger partial charge in [0, 0.05) is 19.2 Å². The Morgan fingerprint density at radius 3 is 2.70 bits per heavy atom.